The summed E-state index contributed by atoms with van der Waals surface area (Å²) >= 11 is 0. The number of halogens is 3. The van der Waals surface area contributed by atoms with Crippen LogP contribution in [0, 0.1) is 0 Å². The van der Waals surface area contributed by atoms with Crippen molar-refractivity contribution in [1.29, 1.82) is 0 Å². The highest BCUT2D eigenvalue weighted by molar-refractivity contribution is 5.76. The first-order chi connectivity index (χ1) is 10.8. The fourth-order valence-corrected chi connectivity index (χ4v) is 2.80. The molecule has 1 aliphatic rings. The predicted octanol–water partition coefficient (Wildman–Crippen LogP) is 1.89. The summed E-state index contributed by atoms with van der Waals surface area (Å²) in [6.07, 6.45) is 0.950. The van der Waals surface area contributed by atoms with Crippen molar-refractivity contribution in [3.63, 3.8) is 0 Å². The Hall–Kier alpha value is -1.70. The maximum absolute atomic E-state index is 12.4. The summed E-state index contributed by atoms with van der Waals surface area (Å²) in [6, 6.07) is 1.78. The number of carbonyl (C=O) groups excluding carboxylic acids is 1. The van der Waals surface area contributed by atoms with Crippen LogP contribution >= 0.6 is 0 Å². The molecule has 0 unspecified atom stereocenters. The monoisotopic (exact) mass is 330 g/mol. The Morgan fingerprint density at radius 3 is 2.65 bits per heavy atom. The van der Waals surface area contributed by atoms with E-state index in [1.807, 2.05) is 0 Å². The van der Waals surface area contributed by atoms with Crippen LogP contribution in [0.4, 0.5) is 13.2 Å². The molecule has 1 fully saturated rings. The summed E-state index contributed by atoms with van der Waals surface area (Å²) in [5.41, 5.74) is 0.807. The number of alkyl halides is 3. The van der Waals surface area contributed by atoms with E-state index in [-0.39, 0.29) is 11.9 Å². The smallest absolute Gasteiger partial charge is 0.343 e. The van der Waals surface area contributed by atoms with E-state index in [9.17, 15) is 18.0 Å². The zero-order valence-electron chi connectivity index (χ0n) is 13.1. The van der Waals surface area contributed by atoms with Crippen LogP contribution < -0.4 is 0 Å². The SMILES string of the molecule is CN(C(=O)CCc1ccncn1)C1CCN(CC(F)(F)F)CC1. The fraction of sp³-hybridized carbons (Fsp3) is 0.667. The minimum atomic E-state index is -4.16. The largest absolute Gasteiger partial charge is 0.401 e. The van der Waals surface area contributed by atoms with Crippen molar-refractivity contribution in [2.75, 3.05) is 26.7 Å². The number of carbonyl (C=O) groups is 1. The molecular weight excluding hydrogens is 309 g/mol. The molecule has 0 radical (unpaired) electrons. The molecule has 128 valence electrons. The van der Waals surface area contributed by atoms with Crippen LogP contribution in [0.25, 0.3) is 0 Å². The molecule has 0 bridgehead atoms. The summed E-state index contributed by atoms with van der Waals surface area (Å²) in [5.74, 6) is -0.00196. The van der Waals surface area contributed by atoms with E-state index in [0.29, 0.717) is 38.8 Å². The molecule has 0 aromatic carbocycles. The van der Waals surface area contributed by atoms with E-state index in [1.54, 1.807) is 24.2 Å². The van der Waals surface area contributed by atoms with Gasteiger partial charge in [0, 0.05) is 44.5 Å². The molecule has 1 aromatic rings. The van der Waals surface area contributed by atoms with E-state index < -0.39 is 12.7 Å². The van der Waals surface area contributed by atoms with Gasteiger partial charge in [-0.25, -0.2) is 9.97 Å². The molecule has 1 aromatic heterocycles. The second-order valence-corrected chi connectivity index (χ2v) is 5.83. The molecule has 2 heterocycles. The van der Waals surface area contributed by atoms with Gasteiger partial charge < -0.3 is 4.90 Å². The molecule has 8 heteroatoms. The summed E-state index contributed by atoms with van der Waals surface area (Å²) in [5, 5.41) is 0. The Morgan fingerprint density at radius 1 is 1.39 bits per heavy atom. The van der Waals surface area contributed by atoms with E-state index in [2.05, 4.69) is 9.97 Å². The van der Waals surface area contributed by atoms with E-state index >= 15 is 0 Å². The number of hydrogen-bond acceptors (Lipinski definition) is 4. The van der Waals surface area contributed by atoms with Crippen LogP contribution in [0.1, 0.15) is 25.0 Å². The normalized spacial score (nSPS) is 17.2. The third kappa shape index (κ3) is 5.78. The molecular formula is C15H21F3N4O. The number of hydrogen-bond donors (Lipinski definition) is 0. The predicted molar refractivity (Wildman–Crippen MR) is 78.6 cm³/mol. The number of amides is 1. The molecule has 1 saturated heterocycles. The van der Waals surface area contributed by atoms with Gasteiger partial charge in [-0.3, -0.25) is 9.69 Å². The maximum atomic E-state index is 12.4. The van der Waals surface area contributed by atoms with E-state index in [1.165, 1.54) is 11.2 Å². The number of rotatable bonds is 5. The van der Waals surface area contributed by atoms with Gasteiger partial charge in [0.25, 0.3) is 0 Å². The van der Waals surface area contributed by atoms with Crippen LogP contribution in [0.3, 0.4) is 0 Å². The van der Waals surface area contributed by atoms with Crippen molar-refractivity contribution >= 4 is 5.91 Å². The second-order valence-electron chi connectivity index (χ2n) is 5.83. The third-order valence-corrected chi connectivity index (χ3v) is 4.14. The molecule has 23 heavy (non-hydrogen) atoms. The Balaban J connectivity index is 1.75. The molecule has 5 nitrogen and oxygen atoms in total. The molecule has 1 amide bonds. The minimum Gasteiger partial charge on any atom is -0.343 e. The van der Waals surface area contributed by atoms with Crippen molar-refractivity contribution in [1.82, 2.24) is 19.8 Å². The zero-order valence-corrected chi connectivity index (χ0v) is 13.1. The molecule has 0 aliphatic carbocycles. The van der Waals surface area contributed by atoms with Gasteiger partial charge in [-0.2, -0.15) is 13.2 Å². The first-order valence-electron chi connectivity index (χ1n) is 7.65. The molecule has 0 N–H and O–H groups in total. The van der Waals surface area contributed by atoms with Crippen molar-refractivity contribution in [2.45, 2.75) is 37.9 Å². The van der Waals surface area contributed by atoms with Crippen LogP contribution in [0.2, 0.25) is 0 Å². The quantitative estimate of drug-likeness (QED) is 0.827. The highest BCUT2D eigenvalue weighted by Crippen LogP contribution is 2.21. The van der Waals surface area contributed by atoms with Gasteiger partial charge in [0.2, 0.25) is 5.91 Å². The van der Waals surface area contributed by atoms with Crippen LogP contribution in [-0.2, 0) is 11.2 Å². The Bertz CT molecular complexity index is 501. The standard InChI is InChI=1S/C15H21F3N4O/c1-21(14(23)3-2-12-4-7-19-11-20-12)13-5-8-22(9-6-13)10-15(16,17)18/h4,7,11,13H,2-3,5-6,8-10H2,1H3. The average Bonchev–Trinajstić information content (AvgIpc) is 2.52. The first-order valence-corrected chi connectivity index (χ1v) is 7.65. The lowest BCUT2D eigenvalue weighted by Crippen LogP contribution is -2.47. The molecule has 0 spiro atoms. The van der Waals surface area contributed by atoms with Gasteiger partial charge in [0.15, 0.2) is 0 Å². The van der Waals surface area contributed by atoms with E-state index in [4.69, 9.17) is 0 Å². The first kappa shape index (κ1) is 17.7. The Labute approximate surface area is 133 Å². The van der Waals surface area contributed by atoms with Crippen LogP contribution in [0.15, 0.2) is 18.6 Å². The number of aryl methyl sites for hydroxylation is 1. The lowest BCUT2D eigenvalue weighted by molar-refractivity contribution is -0.150. The zero-order chi connectivity index (χ0) is 16.9. The highest BCUT2D eigenvalue weighted by atomic mass is 19.4. The molecule has 1 aliphatic heterocycles. The van der Waals surface area contributed by atoms with Gasteiger partial charge in [-0.1, -0.05) is 0 Å². The minimum absolute atomic E-state index is 0.00196. The summed E-state index contributed by atoms with van der Waals surface area (Å²) in [7, 11) is 1.73. The second kappa shape index (κ2) is 7.72. The topological polar surface area (TPSA) is 49.3 Å². The highest BCUT2D eigenvalue weighted by Gasteiger charge is 2.33. The maximum Gasteiger partial charge on any atom is 0.401 e. The van der Waals surface area contributed by atoms with Gasteiger partial charge in [0.1, 0.15) is 6.33 Å². The molecule has 0 saturated carbocycles. The number of likely N-dealkylation sites (tertiary alicyclic amines) is 1. The lowest BCUT2D eigenvalue weighted by Gasteiger charge is -2.37. The number of aromatic nitrogens is 2. The summed E-state index contributed by atoms with van der Waals surface area (Å²) < 4.78 is 37.1. The lowest BCUT2D eigenvalue weighted by atomic mass is 10.0. The van der Waals surface area contributed by atoms with Gasteiger partial charge in [-0.05, 0) is 25.3 Å². The van der Waals surface area contributed by atoms with Crippen molar-refractivity contribution in [3.8, 4) is 0 Å². The van der Waals surface area contributed by atoms with E-state index in [0.717, 1.165) is 5.69 Å². The summed E-state index contributed by atoms with van der Waals surface area (Å²) in [6.45, 7) is -0.132. The fourth-order valence-electron chi connectivity index (χ4n) is 2.80. The van der Waals surface area contributed by atoms with Crippen molar-refractivity contribution < 1.29 is 18.0 Å². The van der Waals surface area contributed by atoms with Crippen LogP contribution in [-0.4, -0.2) is 64.6 Å². The molecule has 0 atom stereocenters. The average molecular weight is 330 g/mol. The van der Waals surface area contributed by atoms with Gasteiger partial charge in [0.05, 0.1) is 6.54 Å². The van der Waals surface area contributed by atoms with Crippen molar-refractivity contribution in [3.05, 3.63) is 24.3 Å². The van der Waals surface area contributed by atoms with Crippen molar-refractivity contribution in [2.24, 2.45) is 0 Å². The van der Waals surface area contributed by atoms with Crippen LogP contribution in [0.5, 0.6) is 0 Å². The summed E-state index contributed by atoms with van der Waals surface area (Å²) in [4.78, 5) is 23.2. The van der Waals surface area contributed by atoms with Gasteiger partial charge in [-0.15, -0.1) is 0 Å². The number of piperidine rings is 1. The Kier molecular flexibility index (Phi) is 5.92. The van der Waals surface area contributed by atoms with Gasteiger partial charge >= 0.3 is 6.18 Å². The Morgan fingerprint density at radius 2 is 2.09 bits per heavy atom. The number of nitrogens with zero attached hydrogens (tertiary/aromatic N) is 4. The molecule has 2 rings (SSSR count). The third-order valence-electron chi connectivity index (χ3n) is 4.14.